The molecule has 2 heterocycles. The van der Waals surface area contributed by atoms with Crippen LogP contribution in [0, 0.1) is 0 Å². The van der Waals surface area contributed by atoms with Gasteiger partial charge in [0.25, 0.3) is 0 Å². The van der Waals surface area contributed by atoms with Crippen LogP contribution in [0.2, 0.25) is 0 Å². The average molecular weight is 198 g/mol. The lowest BCUT2D eigenvalue weighted by molar-refractivity contribution is 0.292. The van der Waals surface area contributed by atoms with Gasteiger partial charge >= 0.3 is 0 Å². The fourth-order valence-corrected chi connectivity index (χ4v) is 1.89. The summed E-state index contributed by atoms with van der Waals surface area (Å²) >= 11 is 0. The Morgan fingerprint density at radius 3 is 1.43 bits per heavy atom. The number of epoxide rings is 2. The van der Waals surface area contributed by atoms with E-state index in [0.29, 0.717) is 0 Å². The van der Waals surface area contributed by atoms with E-state index in [1.807, 2.05) is 0 Å². The molecule has 2 rings (SSSR count). The van der Waals surface area contributed by atoms with Crippen LogP contribution in [-0.2, 0) is 9.47 Å². The van der Waals surface area contributed by atoms with E-state index in [-0.39, 0.29) is 11.2 Å². The highest BCUT2D eigenvalue weighted by Gasteiger charge is 2.39. The molecule has 0 saturated carbocycles. The van der Waals surface area contributed by atoms with Gasteiger partial charge in [-0.25, -0.2) is 0 Å². The van der Waals surface area contributed by atoms with Crippen LogP contribution in [0.25, 0.3) is 0 Å². The lowest BCUT2D eigenvalue weighted by atomic mass is 10.0. The van der Waals surface area contributed by atoms with Gasteiger partial charge in [-0.15, -0.1) is 0 Å². The van der Waals surface area contributed by atoms with E-state index in [1.165, 1.54) is 38.5 Å². The van der Waals surface area contributed by atoms with Gasteiger partial charge in [0.2, 0.25) is 0 Å². The summed E-state index contributed by atoms with van der Waals surface area (Å²) in [6.07, 6.45) is 7.87. The van der Waals surface area contributed by atoms with E-state index in [0.717, 1.165) is 13.2 Å². The molecule has 2 heteroatoms. The number of ether oxygens (including phenoxy) is 2. The molecular formula is C12H22O2. The Morgan fingerprint density at radius 1 is 0.786 bits per heavy atom. The van der Waals surface area contributed by atoms with Crippen molar-refractivity contribution in [3.8, 4) is 0 Å². The Kier molecular flexibility index (Phi) is 2.85. The Morgan fingerprint density at radius 2 is 1.14 bits per heavy atom. The molecular weight excluding hydrogens is 176 g/mol. The van der Waals surface area contributed by atoms with Gasteiger partial charge in [-0.05, 0) is 26.7 Å². The fourth-order valence-electron chi connectivity index (χ4n) is 1.89. The van der Waals surface area contributed by atoms with E-state index in [4.69, 9.17) is 9.47 Å². The first-order valence-corrected chi connectivity index (χ1v) is 5.90. The lowest BCUT2D eigenvalue weighted by Crippen LogP contribution is -2.04. The topological polar surface area (TPSA) is 25.1 Å². The van der Waals surface area contributed by atoms with Crippen molar-refractivity contribution in [1.82, 2.24) is 0 Å². The normalized spacial score (nSPS) is 39.9. The Hall–Kier alpha value is -0.0800. The summed E-state index contributed by atoms with van der Waals surface area (Å²) in [5.74, 6) is 0. The molecule has 0 spiro atoms. The zero-order valence-electron chi connectivity index (χ0n) is 9.47. The minimum atomic E-state index is 0.269. The molecule has 82 valence electrons. The van der Waals surface area contributed by atoms with Gasteiger partial charge in [-0.3, -0.25) is 0 Å². The van der Waals surface area contributed by atoms with E-state index >= 15 is 0 Å². The number of hydrogen-bond donors (Lipinski definition) is 0. The molecule has 0 N–H and O–H groups in total. The molecule has 2 fully saturated rings. The fraction of sp³-hybridized carbons (Fsp3) is 1.00. The molecule has 0 aromatic carbocycles. The highest BCUT2D eigenvalue weighted by Crippen LogP contribution is 2.33. The summed E-state index contributed by atoms with van der Waals surface area (Å²) in [6, 6.07) is 0. The van der Waals surface area contributed by atoms with Crippen molar-refractivity contribution in [1.29, 1.82) is 0 Å². The second kappa shape index (κ2) is 3.82. The van der Waals surface area contributed by atoms with Gasteiger partial charge in [0.15, 0.2) is 0 Å². The molecule has 0 bridgehead atoms. The molecule has 0 radical (unpaired) electrons. The summed E-state index contributed by atoms with van der Waals surface area (Å²) < 4.78 is 10.7. The van der Waals surface area contributed by atoms with Crippen molar-refractivity contribution in [3.63, 3.8) is 0 Å². The van der Waals surface area contributed by atoms with Crippen LogP contribution in [0.4, 0.5) is 0 Å². The predicted molar refractivity (Wildman–Crippen MR) is 56.4 cm³/mol. The zero-order chi connectivity index (χ0) is 10.1. The zero-order valence-corrected chi connectivity index (χ0v) is 9.47. The van der Waals surface area contributed by atoms with Gasteiger partial charge in [0.05, 0.1) is 24.4 Å². The van der Waals surface area contributed by atoms with Crippen molar-refractivity contribution in [2.75, 3.05) is 13.2 Å². The molecule has 2 saturated heterocycles. The SMILES string of the molecule is CC1(CCCCCCC2(C)CO2)CO1. The average Bonchev–Trinajstić information content (AvgIpc) is 3.02. The van der Waals surface area contributed by atoms with Crippen molar-refractivity contribution >= 4 is 0 Å². The van der Waals surface area contributed by atoms with Crippen LogP contribution < -0.4 is 0 Å². The molecule has 0 aromatic rings. The van der Waals surface area contributed by atoms with Crippen LogP contribution in [0.3, 0.4) is 0 Å². The van der Waals surface area contributed by atoms with Crippen LogP contribution in [0.1, 0.15) is 52.4 Å². The van der Waals surface area contributed by atoms with Gasteiger partial charge < -0.3 is 9.47 Å². The second-order valence-corrected chi connectivity index (χ2v) is 5.39. The molecule has 14 heavy (non-hydrogen) atoms. The number of rotatable bonds is 7. The van der Waals surface area contributed by atoms with E-state index in [9.17, 15) is 0 Å². The minimum Gasteiger partial charge on any atom is -0.370 e. The summed E-state index contributed by atoms with van der Waals surface area (Å²) in [5.41, 5.74) is 0.539. The quantitative estimate of drug-likeness (QED) is 0.464. The number of hydrogen-bond acceptors (Lipinski definition) is 2. The molecule has 0 amide bonds. The largest absolute Gasteiger partial charge is 0.370 e. The molecule has 2 unspecified atom stereocenters. The minimum absolute atomic E-state index is 0.269. The predicted octanol–water partition coefficient (Wildman–Crippen LogP) is 2.90. The molecule has 0 aromatic heterocycles. The maximum atomic E-state index is 5.35. The highest BCUT2D eigenvalue weighted by molar-refractivity contribution is 4.87. The molecule has 2 aliphatic heterocycles. The van der Waals surface area contributed by atoms with Crippen molar-refractivity contribution < 1.29 is 9.47 Å². The van der Waals surface area contributed by atoms with Crippen LogP contribution in [0.15, 0.2) is 0 Å². The van der Waals surface area contributed by atoms with Gasteiger partial charge in [0.1, 0.15) is 0 Å². The maximum absolute atomic E-state index is 5.35. The Balaban J connectivity index is 1.40. The van der Waals surface area contributed by atoms with Crippen molar-refractivity contribution in [3.05, 3.63) is 0 Å². The number of unbranched alkanes of at least 4 members (excludes halogenated alkanes) is 3. The van der Waals surface area contributed by atoms with E-state index in [1.54, 1.807) is 0 Å². The second-order valence-electron chi connectivity index (χ2n) is 5.39. The van der Waals surface area contributed by atoms with Gasteiger partial charge in [-0.1, -0.05) is 25.7 Å². The monoisotopic (exact) mass is 198 g/mol. The summed E-state index contributed by atoms with van der Waals surface area (Å²) in [7, 11) is 0. The summed E-state index contributed by atoms with van der Waals surface area (Å²) in [6.45, 7) is 6.40. The Bertz CT molecular complexity index is 170. The lowest BCUT2D eigenvalue weighted by Gasteiger charge is -2.06. The molecule has 0 aliphatic carbocycles. The van der Waals surface area contributed by atoms with E-state index < -0.39 is 0 Å². The highest BCUT2D eigenvalue weighted by atomic mass is 16.6. The van der Waals surface area contributed by atoms with Crippen molar-refractivity contribution in [2.45, 2.75) is 63.6 Å². The first-order valence-electron chi connectivity index (χ1n) is 5.90. The van der Waals surface area contributed by atoms with Gasteiger partial charge in [0, 0.05) is 0 Å². The standard InChI is InChI=1S/C12H22O2/c1-11(9-13-11)7-5-3-4-6-8-12(2)10-14-12/h3-10H2,1-2H3. The molecule has 2 aliphatic rings. The first kappa shape index (κ1) is 10.4. The van der Waals surface area contributed by atoms with Gasteiger partial charge in [-0.2, -0.15) is 0 Å². The van der Waals surface area contributed by atoms with Crippen LogP contribution in [-0.4, -0.2) is 24.4 Å². The molecule has 2 atom stereocenters. The third-order valence-corrected chi connectivity index (χ3v) is 3.44. The van der Waals surface area contributed by atoms with Crippen LogP contribution in [0.5, 0.6) is 0 Å². The Labute approximate surface area is 87.0 Å². The summed E-state index contributed by atoms with van der Waals surface area (Å²) in [4.78, 5) is 0. The molecule has 2 nitrogen and oxygen atoms in total. The smallest absolute Gasteiger partial charge is 0.0888 e. The maximum Gasteiger partial charge on any atom is 0.0888 e. The van der Waals surface area contributed by atoms with Crippen molar-refractivity contribution in [2.24, 2.45) is 0 Å². The van der Waals surface area contributed by atoms with Crippen LogP contribution >= 0.6 is 0 Å². The van der Waals surface area contributed by atoms with E-state index in [2.05, 4.69) is 13.8 Å². The summed E-state index contributed by atoms with van der Waals surface area (Å²) in [5, 5.41) is 0. The first-order chi connectivity index (χ1) is 6.62. The third-order valence-electron chi connectivity index (χ3n) is 3.44. The third kappa shape index (κ3) is 3.25.